The summed E-state index contributed by atoms with van der Waals surface area (Å²) in [5.74, 6) is -0.117. The molecule has 198 valence electrons. The summed E-state index contributed by atoms with van der Waals surface area (Å²) < 4.78 is 63.2. The SMILES string of the molecule is C[C@@H](C(=O)NCCOc1ccc(S(=O)(=O)N2CCOCC2)cc1)N(c1ccc(Cl)c(Cl)c1)S(C)(=O)=O. The molecule has 1 fully saturated rings. The van der Waals surface area contributed by atoms with E-state index in [4.69, 9.17) is 32.7 Å². The van der Waals surface area contributed by atoms with Crippen molar-refractivity contribution in [2.75, 3.05) is 50.0 Å². The van der Waals surface area contributed by atoms with Crippen LogP contribution in [-0.2, 0) is 29.6 Å². The van der Waals surface area contributed by atoms with Crippen LogP contribution >= 0.6 is 23.2 Å². The standard InChI is InChI=1S/C22H27Cl2N3O7S2/c1-16(27(35(2,29)30)17-3-8-20(23)21(24)15-17)22(28)25-9-12-34-18-4-6-19(7-5-18)36(31,32)26-10-13-33-14-11-26/h3-8,15-16H,9-14H2,1-2H3,(H,25,28)/t16-/m0/s1. The van der Waals surface area contributed by atoms with E-state index in [1.54, 1.807) is 0 Å². The minimum atomic E-state index is -3.81. The van der Waals surface area contributed by atoms with Crippen molar-refractivity contribution in [3.05, 3.63) is 52.5 Å². The molecule has 2 aromatic rings. The van der Waals surface area contributed by atoms with Crippen LogP contribution in [0.2, 0.25) is 10.0 Å². The van der Waals surface area contributed by atoms with Crippen LogP contribution in [0.1, 0.15) is 6.92 Å². The van der Waals surface area contributed by atoms with Crippen LogP contribution in [0.15, 0.2) is 47.4 Å². The van der Waals surface area contributed by atoms with Gasteiger partial charge in [0.25, 0.3) is 0 Å². The zero-order valence-electron chi connectivity index (χ0n) is 19.7. The second-order valence-corrected chi connectivity index (χ2v) is 12.6. The fraction of sp³-hybridized carbons (Fsp3) is 0.409. The molecule has 1 N–H and O–H groups in total. The third-order valence-corrected chi connectivity index (χ3v) is 9.24. The van der Waals surface area contributed by atoms with Gasteiger partial charge in [-0.05, 0) is 49.4 Å². The Hall–Kier alpha value is -2.09. The monoisotopic (exact) mass is 579 g/mol. The second-order valence-electron chi connectivity index (χ2n) is 7.96. The molecule has 1 heterocycles. The summed E-state index contributed by atoms with van der Waals surface area (Å²) in [6.45, 7) is 2.96. The number of rotatable bonds is 10. The van der Waals surface area contributed by atoms with Crippen molar-refractivity contribution in [2.45, 2.75) is 17.9 Å². The fourth-order valence-electron chi connectivity index (χ4n) is 3.57. The van der Waals surface area contributed by atoms with E-state index in [-0.39, 0.29) is 33.8 Å². The number of sulfonamides is 2. The number of nitrogens with one attached hydrogen (secondary N) is 1. The number of benzene rings is 2. The number of amides is 1. The molecular weight excluding hydrogens is 553 g/mol. The molecule has 0 spiro atoms. The van der Waals surface area contributed by atoms with Crippen LogP contribution in [-0.4, -0.2) is 78.8 Å². The molecule has 1 saturated heterocycles. The van der Waals surface area contributed by atoms with Gasteiger partial charge in [-0.1, -0.05) is 23.2 Å². The Kier molecular flexibility index (Phi) is 9.47. The van der Waals surface area contributed by atoms with Crippen LogP contribution in [0.25, 0.3) is 0 Å². The van der Waals surface area contributed by atoms with Gasteiger partial charge >= 0.3 is 0 Å². The van der Waals surface area contributed by atoms with E-state index in [2.05, 4.69) is 5.32 Å². The summed E-state index contributed by atoms with van der Waals surface area (Å²) in [7, 11) is -7.41. The lowest BCUT2D eigenvalue weighted by Gasteiger charge is -2.28. The lowest BCUT2D eigenvalue weighted by atomic mass is 10.2. The highest BCUT2D eigenvalue weighted by atomic mass is 35.5. The van der Waals surface area contributed by atoms with E-state index in [0.29, 0.717) is 32.1 Å². The average molecular weight is 581 g/mol. The number of hydrogen-bond donors (Lipinski definition) is 1. The molecule has 0 unspecified atom stereocenters. The van der Waals surface area contributed by atoms with Gasteiger partial charge in [0.1, 0.15) is 18.4 Å². The largest absolute Gasteiger partial charge is 0.492 e. The molecule has 1 aliphatic heterocycles. The van der Waals surface area contributed by atoms with Gasteiger partial charge in [0.05, 0.1) is 46.6 Å². The fourth-order valence-corrected chi connectivity index (χ4v) is 6.43. The molecular formula is C22H27Cl2N3O7S2. The predicted molar refractivity (Wildman–Crippen MR) is 138 cm³/mol. The van der Waals surface area contributed by atoms with E-state index in [9.17, 15) is 21.6 Å². The van der Waals surface area contributed by atoms with Crippen molar-refractivity contribution >= 4 is 54.8 Å². The summed E-state index contributed by atoms with van der Waals surface area (Å²) in [4.78, 5) is 12.8. The van der Waals surface area contributed by atoms with Gasteiger partial charge in [-0.3, -0.25) is 9.10 Å². The van der Waals surface area contributed by atoms with Crippen LogP contribution in [0, 0.1) is 0 Å². The molecule has 36 heavy (non-hydrogen) atoms. The van der Waals surface area contributed by atoms with E-state index in [1.807, 2.05) is 0 Å². The third kappa shape index (κ3) is 7.02. The topological polar surface area (TPSA) is 122 Å². The highest BCUT2D eigenvalue weighted by Gasteiger charge is 2.29. The van der Waals surface area contributed by atoms with Gasteiger partial charge in [0.15, 0.2) is 0 Å². The first-order chi connectivity index (χ1) is 16.9. The third-order valence-electron chi connectivity index (χ3n) is 5.35. The number of ether oxygens (including phenoxy) is 2. The summed E-state index contributed by atoms with van der Waals surface area (Å²) >= 11 is 11.9. The second kappa shape index (κ2) is 12.0. The molecule has 0 bridgehead atoms. The van der Waals surface area contributed by atoms with Crippen molar-refractivity contribution in [1.82, 2.24) is 9.62 Å². The first-order valence-corrected chi connectivity index (χ1v) is 15.0. The first kappa shape index (κ1) is 28.5. The quantitative estimate of drug-likeness (QED) is 0.428. The van der Waals surface area contributed by atoms with Gasteiger partial charge < -0.3 is 14.8 Å². The molecule has 3 rings (SSSR count). The first-order valence-electron chi connectivity index (χ1n) is 10.9. The van der Waals surface area contributed by atoms with E-state index in [0.717, 1.165) is 10.6 Å². The van der Waals surface area contributed by atoms with Gasteiger partial charge in [-0.2, -0.15) is 4.31 Å². The Morgan fingerprint density at radius 1 is 1.08 bits per heavy atom. The number of morpholine rings is 1. The van der Waals surface area contributed by atoms with Crippen LogP contribution in [0.3, 0.4) is 0 Å². The normalized spacial score (nSPS) is 15.8. The highest BCUT2D eigenvalue weighted by molar-refractivity contribution is 7.92. The molecule has 10 nitrogen and oxygen atoms in total. The van der Waals surface area contributed by atoms with E-state index >= 15 is 0 Å². The lowest BCUT2D eigenvalue weighted by molar-refractivity contribution is -0.121. The number of carbonyl (C=O) groups is 1. The summed E-state index contributed by atoms with van der Waals surface area (Å²) in [6, 6.07) is 9.21. The van der Waals surface area contributed by atoms with E-state index in [1.165, 1.54) is 53.7 Å². The number of hydrogen-bond acceptors (Lipinski definition) is 7. The zero-order valence-corrected chi connectivity index (χ0v) is 22.8. The van der Waals surface area contributed by atoms with Crippen molar-refractivity contribution < 1.29 is 31.1 Å². The predicted octanol–water partition coefficient (Wildman–Crippen LogP) is 2.36. The van der Waals surface area contributed by atoms with Crippen LogP contribution in [0.5, 0.6) is 5.75 Å². The minimum Gasteiger partial charge on any atom is -0.492 e. The molecule has 2 aromatic carbocycles. The van der Waals surface area contributed by atoms with Gasteiger partial charge in [0.2, 0.25) is 26.0 Å². The molecule has 14 heteroatoms. The highest BCUT2D eigenvalue weighted by Crippen LogP contribution is 2.29. The maximum absolute atomic E-state index is 12.7. The Morgan fingerprint density at radius 3 is 2.31 bits per heavy atom. The molecule has 0 radical (unpaired) electrons. The Labute approximate surface area is 221 Å². The Balaban J connectivity index is 1.55. The Bertz CT molecular complexity index is 1280. The number of nitrogens with zero attached hydrogens (tertiary/aromatic N) is 2. The average Bonchev–Trinajstić information content (AvgIpc) is 2.84. The van der Waals surface area contributed by atoms with Crippen LogP contribution < -0.4 is 14.4 Å². The van der Waals surface area contributed by atoms with Crippen molar-refractivity contribution in [2.24, 2.45) is 0 Å². The van der Waals surface area contributed by atoms with Crippen molar-refractivity contribution in [1.29, 1.82) is 0 Å². The number of anilines is 1. The smallest absolute Gasteiger partial charge is 0.243 e. The maximum atomic E-state index is 12.7. The number of carbonyl (C=O) groups excluding carboxylic acids is 1. The van der Waals surface area contributed by atoms with Crippen LogP contribution in [0.4, 0.5) is 5.69 Å². The van der Waals surface area contributed by atoms with Gasteiger partial charge in [-0.15, -0.1) is 0 Å². The van der Waals surface area contributed by atoms with E-state index < -0.39 is 32.0 Å². The molecule has 1 aliphatic rings. The molecule has 1 atom stereocenters. The summed E-state index contributed by atoms with van der Waals surface area (Å²) in [5, 5.41) is 3.06. The molecule has 0 aliphatic carbocycles. The Morgan fingerprint density at radius 2 is 1.72 bits per heavy atom. The summed E-state index contributed by atoms with van der Waals surface area (Å²) in [6.07, 6.45) is 0.991. The molecule has 0 saturated carbocycles. The molecule has 0 aromatic heterocycles. The van der Waals surface area contributed by atoms with Crippen molar-refractivity contribution in [3.8, 4) is 5.75 Å². The molecule has 1 amide bonds. The van der Waals surface area contributed by atoms with Gasteiger partial charge in [-0.25, -0.2) is 16.8 Å². The lowest BCUT2D eigenvalue weighted by Crippen LogP contribution is -2.48. The minimum absolute atomic E-state index is 0.0830. The van der Waals surface area contributed by atoms with Crippen molar-refractivity contribution in [3.63, 3.8) is 0 Å². The summed E-state index contributed by atoms with van der Waals surface area (Å²) in [5.41, 5.74) is 0.206. The maximum Gasteiger partial charge on any atom is 0.243 e. The van der Waals surface area contributed by atoms with Gasteiger partial charge in [0, 0.05) is 13.1 Å². The number of halogens is 2. The zero-order chi connectivity index (χ0) is 26.5.